The molecule has 5 atom stereocenters. The Balaban J connectivity index is 1.52. The average molecular weight is 743 g/mol. The summed E-state index contributed by atoms with van der Waals surface area (Å²) in [6, 6.07) is 13.4. The van der Waals surface area contributed by atoms with E-state index in [1.165, 1.54) is 52.0 Å². The summed E-state index contributed by atoms with van der Waals surface area (Å²) in [7, 11) is 5.93. The molecule has 15 nitrogen and oxygen atoms in total. The summed E-state index contributed by atoms with van der Waals surface area (Å²) in [5.41, 5.74) is 2.01. The molecule has 15 heteroatoms. The second kappa shape index (κ2) is 17.1. The van der Waals surface area contributed by atoms with Gasteiger partial charge in [-0.2, -0.15) is 0 Å². The molecule has 3 aliphatic heterocycles. The number of hydrogen-bond acceptors (Lipinski definition) is 9. The number of carbonyl (C=O) groups excluding carboxylic acids is 6. The zero-order chi connectivity index (χ0) is 39.1. The first-order chi connectivity index (χ1) is 25.8. The van der Waals surface area contributed by atoms with Crippen LogP contribution in [0, 0.1) is 0 Å². The molecule has 286 valence electrons. The van der Waals surface area contributed by atoms with Crippen LogP contribution >= 0.6 is 0 Å². The molecule has 4 N–H and O–H groups in total. The Morgan fingerprint density at radius 3 is 2.04 bits per heavy atom. The van der Waals surface area contributed by atoms with Gasteiger partial charge in [-0.25, -0.2) is 0 Å². The molecule has 6 bridgehead atoms. The molecule has 1 fully saturated rings. The lowest BCUT2D eigenvalue weighted by molar-refractivity contribution is -0.144. The predicted molar refractivity (Wildman–Crippen MR) is 197 cm³/mol. The van der Waals surface area contributed by atoms with Crippen molar-refractivity contribution in [3.63, 3.8) is 0 Å². The summed E-state index contributed by atoms with van der Waals surface area (Å²) >= 11 is 0. The third-order valence-electron chi connectivity index (χ3n) is 9.61. The number of methoxy groups -OCH3 is 2. The van der Waals surface area contributed by atoms with E-state index in [0.717, 1.165) is 0 Å². The summed E-state index contributed by atoms with van der Waals surface area (Å²) in [6.45, 7) is 2.42. The number of benzene rings is 3. The Kier molecular flexibility index (Phi) is 12.4. The van der Waals surface area contributed by atoms with Gasteiger partial charge >= 0.3 is 0 Å². The van der Waals surface area contributed by atoms with Crippen LogP contribution in [0.2, 0.25) is 0 Å². The lowest BCUT2D eigenvalue weighted by atomic mass is 9.99. The molecule has 0 saturated carbocycles. The molecular formula is C39H46N6O9. The van der Waals surface area contributed by atoms with Crippen molar-refractivity contribution in [1.82, 2.24) is 31.1 Å². The van der Waals surface area contributed by atoms with Crippen LogP contribution in [0.15, 0.2) is 66.7 Å². The first kappa shape index (κ1) is 39.1. The van der Waals surface area contributed by atoms with E-state index in [1.54, 1.807) is 66.7 Å². The van der Waals surface area contributed by atoms with E-state index < -0.39 is 72.2 Å². The Morgan fingerprint density at radius 2 is 1.37 bits per heavy atom. The average Bonchev–Trinajstić information content (AvgIpc) is 3.16. The number of likely N-dealkylation sites (N-methyl/N-ethyl adjacent to an activating group) is 2. The highest BCUT2D eigenvalue weighted by molar-refractivity contribution is 5.97. The largest absolute Gasteiger partial charge is 0.497 e. The smallest absolute Gasteiger partial charge is 0.245 e. The third-order valence-corrected chi connectivity index (χ3v) is 9.61. The molecule has 0 unspecified atom stereocenters. The number of ether oxygens (including phenoxy) is 3. The number of nitrogens with zero attached hydrogens (tertiary/aromatic N) is 2. The van der Waals surface area contributed by atoms with Crippen LogP contribution < -0.4 is 35.5 Å². The number of hydrogen-bond donors (Lipinski definition) is 4. The van der Waals surface area contributed by atoms with Crippen LogP contribution in [0.3, 0.4) is 0 Å². The Labute approximate surface area is 313 Å². The van der Waals surface area contributed by atoms with E-state index in [0.29, 0.717) is 39.7 Å². The number of carbonyl (C=O) groups is 6. The molecular weight excluding hydrogens is 696 g/mol. The predicted octanol–water partition coefficient (Wildman–Crippen LogP) is 1.12. The van der Waals surface area contributed by atoms with Crippen molar-refractivity contribution in [3.8, 4) is 23.0 Å². The normalized spacial score (nSPS) is 23.2. The summed E-state index contributed by atoms with van der Waals surface area (Å²) in [6.07, 6.45) is 0.127. The van der Waals surface area contributed by atoms with Gasteiger partial charge in [0.2, 0.25) is 35.4 Å². The summed E-state index contributed by atoms with van der Waals surface area (Å²) < 4.78 is 16.9. The first-order valence-corrected chi connectivity index (χ1v) is 17.6. The minimum Gasteiger partial charge on any atom is -0.497 e. The fourth-order valence-corrected chi connectivity index (χ4v) is 6.37. The highest BCUT2D eigenvalue weighted by Crippen LogP contribution is 2.33. The van der Waals surface area contributed by atoms with Gasteiger partial charge < -0.3 is 45.3 Å². The fourth-order valence-electron chi connectivity index (χ4n) is 6.37. The van der Waals surface area contributed by atoms with E-state index in [2.05, 4.69) is 21.3 Å². The molecule has 6 rings (SSSR count). The van der Waals surface area contributed by atoms with Gasteiger partial charge in [-0.3, -0.25) is 28.8 Å². The van der Waals surface area contributed by atoms with Gasteiger partial charge in [0.15, 0.2) is 11.5 Å². The van der Waals surface area contributed by atoms with E-state index >= 15 is 0 Å². The van der Waals surface area contributed by atoms with Crippen molar-refractivity contribution < 1.29 is 43.0 Å². The van der Waals surface area contributed by atoms with Crippen LogP contribution in [0.1, 0.15) is 30.5 Å². The van der Waals surface area contributed by atoms with Crippen molar-refractivity contribution in [1.29, 1.82) is 0 Å². The Hall–Kier alpha value is -6.12. The molecule has 6 amide bonds. The van der Waals surface area contributed by atoms with E-state index in [9.17, 15) is 28.8 Å². The molecule has 0 aliphatic carbocycles. The van der Waals surface area contributed by atoms with Crippen molar-refractivity contribution in [3.05, 3.63) is 83.4 Å². The standard InChI is InChI=1S/C39H46N6O9/c1-22-35(47)42-23(2)38(50)44(3)30(18-25-7-12-27(52-5)13-8-25)36(48)40-21-34(46)43-29-17-24-9-14-28(15-10-24)54-33-20-26(11-16-32(33)53-6)19-31(37(49)41-22)45(4)39(29)51/h7-16,20,22-23,29-31H,17-19,21H2,1-6H3,(H,40,48)(H,41,49)(H,42,47)(H,43,46)/t22-,23+,29+,30+,31+/m1/s1. The quantitative estimate of drug-likeness (QED) is 0.304. The van der Waals surface area contributed by atoms with Crippen LogP contribution in [0.4, 0.5) is 0 Å². The molecule has 0 radical (unpaired) electrons. The topological polar surface area (TPSA) is 185 Å². The van der Waals surface area contributed by atoms with Gasteiger partial charge in [0.1, 0.15) is 41.7 Å². The van der Waals surface area contributed by atoms with Gasteiger partial charge in [0.05, 0.1) is 20.8 Å². The number of amides is 6. The van der Waals surface area contributed by atoms with Crippen LogP contribution in [-0.2, 0) is 48.0 Å². The fraction of sp³-hybridized carbons (Fsp3) is 0.385. The van der Waals surface area contributed by atoms with E-state index in [-0.39, 0.29) is 19.3 Å². The maximum Gasteiger partial charge on any atom is 0.245 e. The maximum atomic E-state index is 14.3. The molecule has 1 saturated heterocycles. The Bertz CT molecular complexity index is 1880. The van der Waals surface area contributed by atoms with Crippen molar-refractivity contribution in [2.24, 2.45) is 0 Å². The highest BCUT2D eigenvalue weighted by Gasteiger charge is 2.36. The summed E-state index contributed by atoms with van der Waals surface area (Å²) in [5.74, 6) is -1.78. The molecule has 3 aliphatic rings. The van der Waals surface area contributed by atoms with Gasteiger partial charge in [-0.15, -0.1) is 0 Å². The van der Waals surface area contributed by atoms with E-state index in [1.807, 2.05) is 0 Å². The highest BCUT2D eigenvalue weighted by atomic mass is 16.5. The van der Waals surface area contributed by atoms with Gasteiger partial charge in [-0.05, 0) is 66.9 Å². The molecule has 3 aromatic rings. The maximum absolute atomic E-state index is 14.3. The van der Waals surface area contributed by atoms with Crippen LogP contribution in [0.5, 0.6) is 23.0 Å². The van der Waals surface area contributed by atoms with Crippen molar-refractivity contribution in [2.45, 2.75) is 63.3 Å². The van der Waals surface area contributed by atoms with E-state index in [4.69, 9.17) is 14.2 Å². The lowest BCUT2D eigenvalue weighted by Crippen LogP contribution is -2.60. The number of nitrogens with one attached hydrogen (secondary N) is 4. The van der Waals surface area contributed by atoms with Crippen molar-refractivity contribution >= 4 is 35.4 Å². The summed E-state index contributed by atoms with van der Waals surface area (Å²) in [5, 5.41) is 10.7. The lowest BCUT2D eigenvalue weighted by Gasteiger charge is -2.33. The molecule has 0 aromatic heterocycles. The third kappa shape index (κ3) is 9.26. The van der Waals surface area contributed by atoms with Crippen LogP contribution in [-0.4, -0.2) is 110 Å². The minimum atomic E-state index is -1.16. The zero-order valence-corrected chi connectivity index (χ0v) is 31.1. The molecule has 3 heterocycles. The summed E-state index contributed by atoms with van der Waals surface area (Å²) in [4.78, 5) is 85.1. The number of rotatable bonds is 4. The Morgan fingerprint density at radius 1 is 0.704 bits per heavy atom. The first-order valence-electron chi connectivity index (χ1n) is 17.6. The molecule has 3 aromatic carbocycles. The van der Waals surface area contributed by atoms with Gasteiger partial charge in [0, 0.05) is 33.4 Å². The van der Waals surface area contributed by atoms with Crippen LogP contribution in [0.25, 0.3) is 0 Å². The SMILES string of the molecule is COc1ccc(C[C@H]2C(=O)NCC(=O)N[C@H]3Cc4ccc(cc4)Oc4cc(ccc4OC)C[C@@H](C(=O)N[C@H](C)C(=O)N[C@@H](C)C(=O)N2C)N(C)C3=O)cc1. The van der Waals surface area contributed by atoms with Gasteiger partial charge in [0.25, 0.3) is 0 Å². The zero-order valence-electron chi connectivity index (χ0n) is 31.1. The minimum absolute atomic E-state index is 0.00629. The number of fused-ring (bicyclic) bond motifs is 2. The van der Waals surface area contributed by atoms with Crippen molar-refractivity contribution in [2.75, 3.05) is 34.9 Å². The second-order valence-electron chi connectivity index (χ2n) is 13.4. The molecule has 0 spiro atoms. The molecule has 54 heavy (non-hydrogen) atoms. The monoisotopic (exact) mass is 742 g/mol. The second-order valence-corrected chi connectivity index (χ2v) is 13.4. The van der Waals surface area contributed by atoms with Gasteiger partial charge in [-0.1, -0.05) is 30.3 Å².